The lowest BCUT2D eigenvalue weighted by Gasteiger charge is -2.31. The summed E-state index contributed by atoms with van der Waals surface area (Å²) in [7, 11) is 0. The van der Waals surface area contributed by atoms with E-state index in [0.29, 0.717) is 46.5 Å². The standard InChI is InChI=1S/C23H26Cl2N2O4/c1-3-19(23(29)26-4-2)27(13-16-17(24)6-5-7-18(16)25)22(28)11-9-15-8-10-20-21(12-15)31-14-30-20/h5-8,10,12,19H,3-4,9,11,13-14H2,1-2H3,(H,26,29). The third-order valence-corrected chi connectivity index (χ3v) is 5.90. The van der Waals surface area contributed by atoms with Gasteiger partial charge in [-0.3, -0.25) is 9.59 Å². The van der Waals surface area contributed by atoms with Crippen LogP contribution in [0.4, 0.5) is 0 Å². The largest absolute Gasteiger partial charge is 0.454 e. The Kier molecular flexibility index (Phi) is 8.04. The molecule has 0 saturated carbocycles. The van der Waals surface area contributed by atoms with Crippen LogP contribution >= 0.6 is 23.2 Å². The summed E-state index contributed by atoms with van der Waals surface area (Å²) in [5.41, 5.74) is 1.59. The molecule has 3 rings (SSSR count). The second-order valence-electron chi connectivity index (χ2n) is 7.23. The number of carbonyl (C=O) groups excluding carboxylic acids is 2. The van der Waals surface area contributed by atoms with E-state index in [9.17, 15) is 9.59 Å². The fourth-order valence-corrected chi connectivity index (χ4v) is 4.07. The number of nitrogens with one attached hydrogen (secondary N) is 1. The molecule has 6 nitrogen and oxygen atoms in total. The number of hydrogen-bond donors (Lipinski definition) is 1. The highest BCUT2D eigenvalue weighted by molar-refractivity contribution is 6.36. The van der Waals surface area contributed by atoms with Crippen LogP contribution < -0.4 is 14.8 Å². The monoisotopic (exact) mass is 464 g/mol. The maximum absolute atomic E-state index is 13.3. The summed E-state index contributed by atoms with van der Waals surface area (Å²) < 4.78 is 10.7. The molecule has 1 aliphatic rings. The number of rotatable bonds is 9. The molecule has 1 heterocycles. The first-order chi connectivity index (χ1) is 14.9. The molecule has 0 aromatic heterocycles. The first-order valence-electron chi connectivity index (χ1n) is 10.3. The average Bonchev–Trinajstić information content (AvgIpc) is 3.22. The molecule has 2 aromatic carbocycles. The van der Waals surface area contributed by atoms with Gasteiger partial charge in [0, 0.05) is 35.1 Å². The minimum atomic E-state index is -0.614. The first kappa shape index (κ1) is 23.2. The van der Waals surface area contributed by atoms with E-state index in [-0.39, 0.29) is 31.6 Å². The minimum Gasteiger partial charge on any atom is -0.454 e. The van der Waals surface area contributed by atoms with E-state index in [2.05, 4.69) is 5.32 Å². The van der Waals surface area contributed by atoms with Gasteiger partial charge < -0.3 is 19.7 Å². The summed E-state index contributed by atoms with van der Waals surface area (Å²) in [6.07, 6.45) is 1.22. The number of aryl methyl sites for hydroxylation is 1. The highest BCUT2D eigenvalue weighted by Gasteiger charge is 2.29. The van der Waals surface area contributed by atoms with Crippen molar-refractivity contribution in [2.45, 2.75) is 45.7 Å². The Balaban J connectivity index is 1.80. The molecular formula is C23H26Cl2N2O4. The van der Waals surface area contributed by atoms with Gasteiger partial charge in [0.1, 0.15) is 6.04 Å². The zero-order chi connectivity index (χ0) is 22.4. The van der Waals surface area contributed by atoms with Gasteiger partial charge in [0.2, 0.25) is 18.6 Å². The van der Waals surface area contributed by atoms with Crippen molar-refractivity contribution in [1.82, 2.24) is 10.2 Å². The molecule has 0 spiro atoms. The Bertz CT molecular complexity index is 931. The highest BCUT2D eigenvalue weighted by Crippen LogP contribution is 2.33. The number of hydrogen-bond acceptors (Lipinski definition) is 4. The maximum atomic E-state index is 13.3. The van der Waals surface area contributed by atoms with Gasteiger partial charge in [-0.2, -0.15) is 0 Å². The van der Waals surface area contributed by atoms with Gasteiger partial charge in [-0.15, -0.1) is 0 Å². The van der Waals surface area contributed by atoms with E-state index in [1.165, 1.54) is 0 Å². The lowest BCUT2D eigenvalue weighted by molar-refractivity contribution is -0.141. The minimum absolute atomic E-state index is 0.147. The number of carbonyl (C=O) groups is 2. The molecule has 0 radical (unpaired) electrons. The molecule has 8 heteroatoms. The Morgan fingerprint density at radius 3 is 2.48 bits per heavy atom. The normalized spacial score (nSPS) is 13.0. The first-order valence-corrected chi connectivity index (χ1v) is 11.1. The van der Waals surface area contributed by atoms with E-state index in [1.54, 1.807) is 23.1 Å². The zero-order valence-corrected chi connectivity index (χ0v) is 19.1. The van der Waals surface area contributed by atoms with E-state index in [0.717, 1.165) is 5.56 Å². The molecule has 1 atom stereocenters. The Hall–Kier alpha value is -2.44. The lowest BCUT2D eigenvalue weighted by Crippen LogP contribution is -2.49. The molecule has 1 aliphatic heterocycles. The predicted octanol–water partition coefficient (Wildman–Crippen LogP) is 4.60. The van der Waals surface area contributed by atoms with Crippen molar-refractivity contribution >= 4 is 35.0 Å². The van der Waals surface area contributed by atoms with Gasteiger partial charge in [-0.05, 0) is 49.6 Å². The van der Waals surface area contributed by atoms with Crippen molar-refractivity contribution in [3.63, 3.8) is 0 Å². The smallest absolute Gasteiger partial charge is 0.242 e. The molecule has 0 saturated heterocycles. The van der Waals surface area contributed by atoms with E-state index in [4.69, 9.17) is 32.7 Å². The van der Waals surface area contributed by atoms with Gasteiger partial charge in [0.25, 0.3) is 0 Å². The number of halogens is 2. The van der Waals surface area contributed by atoms with Crippen molar-refractivity contribution < 1.29 is 19.1 Å². The second kappa shape index (κ2) is 10.7. The maximum Gasteiger partial charge on any atom is 0.242 e. The van der Waals surface area contributed by atoms with Gasteiger partial charge in [0.05, 0.1) is 0 Å². The van der Waals surface area contributed by atoms with E-state index in [1.807, 2.05) is 32.0 Å². The number of ether oxygens (including phenoxy) is 2. The van der Waals surface area contributed by atoms with Crippen LogP contribution in [0.5, 0.6) is 11.5 Å². The van der Waals surface area contributed by atoms with Crippen molar-refractivity contribution in [1.29, 1.82) is 0 Å². The Morgan fingerprint density at radius 2 is 1.81 bits per heavy atom. The molecular weight excluding hydrogens is 439 g/mol. The number of likely N-dealkylation sites (N-methyl/N-ethyl adjacent to an activating group) is 1. The summed E-state index contributed by atoms with van der Waals surface area (Å²) in [6.45, 7) is 4.58. The molecule has 31 heavy (non-hydrogen) atoms. The predicted molar refractivity (Wildman–Crippen MR) is 121 cm³/mol. The second-order valence-corrected chi connectivity index (χ2v) is 8.04. The molecule has 2 aromatic rings. The van der Waals surface area contributed by atoms with Crippen molar-refractivity contribution in [2.75, 3.05) is 13.3 Å². The van der Waals surface area contributed by atoms with Crippen LogP contribution in [0.25, 0.3) is 0 Å². The Morgan fingerprint density at radius 1 is 1.10 bits per heavy atom. The van der Waals surface area contributed by atoms with Gasteiger partial charge in [0.15, 0.2) is 11.5 Å². The summed E-state index contributed by atoms with van der Waals surface area (Å²) in [4.78, 5) is 27.5. The fraction of sp³-hybridized carbons (Fsp3) is 0.391. The molecule has 0 bridgehead atoms. The van der Waals surface area contributed by atoms with Crippen LogP contribution in [0.2, 0.25) is 10.0 Å². The molecule has 166 valence electrons. The SMILES string of the molecule is CCNC(=O)C(CC)N(Cc1c(Cl)cccc1Cl)C(=O)CCc1ccc2c(c1)OCO2. The van der Waals surface area contributed by atoms with Crippen LogP contribution in [0.3, 0.4) is 0 Å². The average molecular weight is 465 g/mol. The Labute approximate surface area is 192 Å². The third kappa shape index (κ3) is 5.63. The number of nitrogens with zero attached hydrogens (tertiary/aromatic N) is 1. The van der Waals surface area contributed by atoms with Gasteiger partial charge in [-0.25, -0.2) is 0 Å². The van der Waals surface area contributed by atoms with Gasteiger partial charge >= 0.3 is 0 Å². The van der Waals surface area contributed by atoms with Crippen LogP contribution in [0, 0.1) is 0 Å². The molecule has 1 N–H and O–H groups in total. The summed E-state index contributed by atoms with van der Waals surface area (Å²) >= 11 is 12.7. The fourth-order valence-electron chi connectivity index (χ4n) is 3.56. The van der Waals surface area contributed by atoms with Gasteiger partial charge in [-0.1, -0.05) is 42.3 Å². The highest BCUT2D eigenvalue weighted by atomic mass is 35.5. The molecule has 0 fully saturated rings. The number of amides is 2. The number of fused-ring (bicyclic) bond motifs is 1. The van der Waals surface area contributed by atoms with Crippen molar-refractivity contribution in [2.24, 2.45) is 0 Å². The van der Waals surface area contributed by atoms with E-state index < -0.39 is 6.04 Å². The number of benzene rings is 2. The lowest BCUT2D eigenvalue weighted by atomic mass is 10.1. The zero-order valence-electron chi connectivity index (χ0n) is 17.6. The van der Waals surface area contributed by atoms with Crippen LogP contribution in [-0.4, -0.2) is 36.1 Å². The topological polar surface area (TPSA) is 67.9 Å². The molecule has 1 unspecified atom stereocenters. The molecule has 2 amide bonds. The summed E-state index contributed by atoms with van der Waals surface area (Å²) in [5, 5.41) is 3.75. The van der Waals surface area contributed by atoms with Crippen LogP contribution in [0.1, 0.15) is 37.8 Å². The van der Waals surface area contributed by atoms with E-state index >= 15 is 0 Å². The quantitative estimate of drug-likeness (QED) is 0.588. The third-order valence-electron chi connectivity index (χ3n) is 5.19. The van der Waals surface area contributed by atoms with Crippen LogP contribution in [0.15, 0.2) is 36.4 Å². The summed E-state index contributed by atoms with van der Waals surface area (Å²) in [5.74, 6) is 1.04. The van der Waals surface area contributed by atoms with Crippen molar-refractivity contribution in [3.8, 4) is 11.5 Å². The summed E-state index contributed by atoms with van der Waals surface area (Å²) in [6, 6.07) is 10.2. The van der Waals surface area contributed by atoms with Crippen LogP contribution in [-0.2, 0) is 22.6 Å². The van der Waals surface area contributed by atoms with Crippen molar-refractivity contribution in [3.05, 3.63) is 57.6 Å². The molecule has 0 aliphatic carbocycles.